The van der Waals surface area contributed by atoms with Gasteiger partial charge in [0.15, 0.2) is 5.96 Å². The van der Waals surface area contributed by atoms with Crippen molar-refractivity contribution in [2.45, 2.75) is 39.4 Å². The smallest absolute Gasteiger partial charge is 0.222 e. The monoisotopic (exact) mass is 482 g/mol. The molecule has 7 heteroatoms. The van der Waals surface area contributed by atoms with Gasteiger partial charge < -0.3 is 20.0 Å². The molecule has 1 amide bonds. The lowest BCUT2D eigenvalue weighted by Gasteiger charge is -2.16. The fourth-order valence-electron chi connectivity index (χ4n) is 3.01. The van der Waals surface area contributed by atoms with Crippen LogP contribution in [0.1, 0.15) is 36.7 Å². The highest BCUT2D eigenvalue weighted by Gasteiger charge is 2.19. The van der Waals surface area contributed by atoms with Gasteiger partial charge >= 0.3 is 0 Å². The SMILES string of the molecule is CCNC(=NCc1cccc(CN2CCCC2=O)c1)NCc1ccco1.I. The highest BCUT2D eigenvalue weighted by atomic mass is 127. The van der Waals surface area contributed by atoms with Crippen molar-refractivity contribution in [1.82, 2.24) is 15.5 Å². The van der Waals surface area contributed by atoms with Gasteiger partial charge in [-0.25, -0.2) is 4.99 Å². The fraction of sp³-hybridized carbons (Fsp3) is 0.400. The Labute approximate surface area is 177 Å². The van der Waals surface area contributed by atoms with E-state index in [9.17, 15) is 4.79 Å². The van der Waals surface area contributed by atoms with Crippen LogP contribution in [0.15, 0.2) is 52.1 Å². The molecule has 6 nitrogen and oxygen atoms in total. The molecule has 1 aromatic carbocycles. The average Bonchev–Trinajstić information content (AvgIpc) is 3.30. The molecule has 0 spiro atoms. The molecule has 1 fully saturated rings. The summed E-state index contributed by atoms with van der Waals surface area (Å²) in [5, 5.41) is 6.50. The van der Waals surface area contributed by atoms with Crippen LogP contribution >= 0.6 is 24.0 Å². The van der Waals surface area contributed by atoms with Crippen LogP contribution in [-0.4, -0.2) is 29.9 Å². The van der Waals surface area contributed by atoms with E-state index in [1.807, 2.05) is 30.0 Å². The first-order valence-electron chi connectivity index (χ1n) is 9.14. The number of furan rings is 1. The number of hydrogen-bond acceptors (Lipinski definition) is 3. The zero-order chi connectivity index (χ0) is 18.2. The van der Waals surface area contributed by atoms with Crippen molar-refractivity contribution in [2.24, 2.45) is 4.99 Å². The maximum Gasteiger partial charge on any atom is 0.222 e. The van der Waals surface area contributed by atoms with Crippen molar-refractivity contribution in [1.29, 1.82) is 0 Å². The molecule has 2 heterocycles. The van der Waals surface area contributed by atoms with Gasteiger partial charge in [-0.3, -0.25) is 4.79 Å². The molecule has 146 valence electrons. The van der Waals surface area contributed by atoms with Gasteiger partial charge in [-0.15, -0.1) is 24.0 Å². The van der Waals surface area contributed by atoms with Crippen LogP contribution in [0.5, 0.6) is 0 Å². The molecule has 0 atom stereocenters. The first kappa shape index (κ1) is 21.3. The Morgan fingerprint density at radius 2 is 2.07 bits per heavy atom. The van der Waals surface area contributed by atoms with Gasteiger partial charge in [0.25, 0.3) is 0 Å². The number of nitrogens with zero attached hydrogens (tertiary/aromatic N) is 2. The van der Waals surface area contributed by atoms with Gasteiger partial charge in [-0.1, -0.05) is 24.3 Å². The molecule has 0 saturated carbocycles. The molecule has 3 rings (SSSR count). The van der Waals surface area contributed by atoms with E-state index in [4.69, 9.17) is 4.42 Å². The summed E-state index contributed by atoms with van der Waals surface area (Å²) in [7, 11) is 0. The number of hydrogen-bond donors (Lipinski definition) is 2. The van der Waals surface area contributed by atoms with Crippen molar-refractivity contribution in [3.8, 4) is 0 Å². The van der Waals surface area contributed by atoms with E-state index < -0.39 is 0 Å². The van der Waals surface area contributed by atoms with E-state index in [0.717, 1.165) is 42.4 Å². The Balaban J connectivity index is 0.00000261. The molecule has 1 aliphatic heterocycles. The van der Waals surface area contributed by atoms with Crippen LogP contribution in [0.3, 0.4) is 0 Å². The van der Waals surface area contributed by atoms with Gasteiger partial charge in [0.2, 0.25) is 5.91 Å². The zero-order valence-corrected chi connectivity index (χ0v) is 17.9. The number of carbonyl (C=O) groups is 1. The predicted octanol–water partition coefficient (Wildman–Crippen LogP) is 3.28. The van der Waals surface area contributed by atoms with Crippen LogP contribution in [0, 0.1) is 0 Å². The molecule has 0 unspecified atom stereocenters. The highest BCUT2D eigenvalue weighted by molar-refractivity contribution is 14.0. The number of aliphatic imine (C=N–C) groups is 1. The maximum atomic E-state index is 11.8. The number of benzene rings is 1. The number of amides is 1. The molecular weight excluding hydrogens is 455 g/mol. The molecule has 0 bridgehead atoms. The quantitative estimate of drug-likeness (QED) is 0.361. The van der Waals surface area contributed by atoms with Crippen LogP contribution in [0.25, 0.3) is 0 Å². The molecule has 0 aliphatic carbocycles. The van der Waals surface area contributed by atoms with Crippen molar-refractivity contribution in [3.63, 3.8) is 0 Å². The van der Waals surface area contributed by atoms with Gasteiger partial charge in [0.1, 0.15) is 5.76 Å². The number of likely N-dealkylation sites (tertiary alicyclic amines) is 1. The lowest BCUT2D eigenvalue weighted by Crippen LogP contribution is -2.36. The number of guanidine groups is 1. The third-order valence-electron chi connectivity index (χ3n) is 4.31. The molecule has 0 radical (unpaired) electrons. The summed E-state index contributed by atoms with van der Waals surface area (Å²) in [6.07, 6.45) is 3.31. The lowest BCUT2D eigenvalue weighted by molar-refractivity contribution is -0.128. The van der Waals surface area contributed by atoms with Gasteiger partial charge in [-0.05, 0) is 36.6 Å². The number of rotatable bonds is 7. The lowest BCUT2D eigenvalue weighted by atomic mass is 10.1. The topological polar surface area (TPSA) is 69.9 Å². The van der Waals surface area contributed by atoms with Crippen molar-refractivity contribution < 1.29 is 9.21 Å². The molecule has 27 heavy (non-hydrogen) atoms. The fourth-order valence-corrected chi connectivity index (χ4v) is 3.01. The van der Waals surface area contributed by atoms with Gasteiger partial charge in [0, 0.05) is 26.1 Å². The summed E-state index contributed by atoms with van der Waals surface area (Å²) in [4.78, 5) is 18.4. The Bertz CT molecular complexity index is 746. The van der Waals surface area contributed by atoms with E-state index >= 15 is 0 Å². The maximum absolute atomic E-state index is 11.8. The van der Waals surface area contributed by atoms with Crippen LogP contribution < -0.4 is 10.6 Å². The molecular formula is C20H27IN4O2. The molecule has 1 aliphatic rings. The Hall–Kier alpha value is -2.03. The highest BCUT2D eigenvalue weighted by Crippen LogP contribution is 2.15. The third-order valence-corrected chi connectivity index (χ3v) is 4.31. The van der Waals surface area contributed by atoms with Crippen LogP contribution in [0.2, 0.25) is 0 Å². The third kappa shape index (κ3) is 6.57. The summed E-state index contributed by atoms with van der Waals surface area (Å²) in [5.74, 6) is 1.88. The van der Waals surface area contributed by atoms with E-state index in [1.165, 1.54) is 0 Å². The van der Waals surface area contributed by atoms with E-state index in [2.05, 4.69) is 33.8 Å². The first-order valence-corrected chi connectivity index (χ1v) is 9.14. The normalized spacial score (nSPS) is 14.2. The largest absolute Gasteiger partial charge is 0.467 e. The van der Waals surface area contributed by atoms with Crippen molar-refractivity contribution in [2.75, 3.05) is 13.1 Å². The van der Waals surface area contributed by atoms with Crippen LogP contribution in [0.4, 0.5) is 0 Å². The summed E-state index contributed by atoms with van der Waals surface area (Å²) >= 11 is 0. The minimum absolute atomic E-state index is 0. The number of halogens is 1. The summed E-state index contributed by atoms with van der Waals surface area (Å²) in [6.45, 7) is 5.56. The molecule has 2 aromatic rings. The van der Waals surface area contributed by atoms with Crippen molar-refractivity contribution in [3.05, 3.63) is 59.5 Å². The van der Waals surface area contributed by atoms with Crippen LogP contribution in [-0.2, 0) is 24.4 Å². The predicted molar refractivity (Wildman–Crippen MR) is 117 cm³/mol. The van der Waals surface area contributed by atoms with E-state index in [0.29, 0.717) is 26.1 Å². The standard InChI is InChI=1S/C20H26N4O2.HI/c1-2-21-20(23-14-18-8-5-11-26-18)22-13-16-6-3-7-17(12-16)15-24-10-4-9-19(24)25;/h3,5-8,11-12H,2,4,9-10,13-15H2,1H3,(H2,21,22,23);1H. The minimum atomic E-state index is 0. The van der Waals surface area contributed by atoms with Gasteiger partial charge in [0.05, 0.1) is 19.4 Å². The number of nitrogens with one attached hydrogen (secondary N) is 2. The second-order valence-electron chi connectivity index (χ2n) is 6.37. The second kappa shape index (κ2) is 11.0. The second-order valence-corrected chi connectivity index (χ2v) is 6.37. The molecule has 1 saturated heterocycles. The summed E-state index contributed by atoms with van der Waals surface area (Å²) in [5.41, 5.74) is 2.28. The molecule has 2 N–H and O–H groups in total. The van der Waals surface area contributed by atoms with E-state index in [1.54, 1.807) is 6.26 Å². The van der Waals surface area contributed by atoms with E-state index in [-0.39, 0.29) is 29.9 Å². The molecule has 1 aromatic heterocycles. The summed E-state index contributed by atoms with van der Waals surface area (Å²) in [6, 6.07) is 12.1. The zero-order valence-electron chi connectivity index (χ0n) is 15.6. The first-order chi connectivity index (χ1) is 12.7. The van der Waals surface area contributed by atoms with Gasteiger partial charge in [-0.2, -0.15) is 0 Å². The minimum Gasteiger partial charge on any atom is -0.467 e. The Morgan fingerprint density at radius 3 is 2.78 bits per heavy atom. The average molecular weight is 482 g/mol. The summed E-state index contributed by atoms with van der Waals surface area (Å²) < 4.78 is 5.34. The van der Waals surface area contributed by atoms with Crippen molar-refractivity contribution >= 4 is 35.8 Å². The Kier molecular flexibility index (Phi) is 8.63. The number of carbonyl (C=O) groups excluding carboxylic acids is 1. The Morgan fingerprint density at radius 1 is 1.22 bits per heavy atom.